The van der Waals surface area contributed by atoms with Crippen molar-refractivity contribution in [1.29, 1.82) is 0 Å². The molecular formula is C16H21N3O2. The monoisotopic (exact) mass is 287 g/mol. The van der Waals surface area contributed by atoms with Crippen molar-refractivity contribution in [3.8, 4) is 0 Å². The van der Waals surface area contributed by atoms with Crippen LogP contribution in [0.5, 0.6) is 0 Å². The fourth-order valence-electron chi connectivity index (χ4n) is 2.40. The maximum atomic E-state index is 12.3. The number of Topliss-reactive ketones (excluding diaryl/α,β-unsaturated/α-hetero) is 2. The smallest absolute Gasteiger partial charge is 0.252 e. The molecule has 0 aromatic carbocycles. The number of carbonyl (C=O) groups excluding carboxylic acids is 2. The summed E-state index contributed by atoms with van der Waals surface area (Å²) in [4.78, 5) is 30.9. The molecule has 0 spiro atoms. The molecule has 1 aliphatic carbocycles. The van der Waals surface area contributed by atoms with Crippen LogP contribution in [-0.2, 0) is 11.3 Å². The van der Waals surface area contributed by atoms with Crippen molar-refractivity contribution >= 4 is 17.1 Å². The summed E-state index contributed by atoms with van der Waals surface area (Å²) in [5, 5.41) is 0. The molecule has 0 saturated carbocycles. The molecular weight excluding hydrogens is 266 g/mol. The number of rotatable bonds is 4. The van der Waals surface area contributed by atoms with Crippen LogP contribution < -0.4 is 0 Å². The second kappa shape index (κ2) is 5.41. The molecule has 0 unspecified atom stereocenters. The predicted octanol–water partition coefficient (Wildman–Crippen LogP) is 1.90. The zero-order chi connectivity index (χ0) is 15.9. The lowest BCUT2D eigenvalue weighted by Crippen LogP contribution is -2.28. The normalized spacial score (nSPS) is 15.3. The first-order valence-electron chi connectivity index (χ1n) is 6.98. The average Bonchev–Trinajstić information content (AvgIpc) is 2.80. The van der Waals surface area contributed by atoms with Gasteiger partial charge < -0.3 is 9.47 Å². The van der Waals surface area contributed by atoms with E-state index in [2.05, 4.69) is 18.1 Å². The van der Waals surface area contributed by atoms with Crippen molar-refractivity contribution in [3.63, 3.8) is 0 Å². The van der Waals surface area contributed by atoms with Crippen LogP contribution in [0.25, 0.3) is 5.57 Å². The van der Waals surface area contributed by atoms with E-state index in [4.69, 9.17) is 0 Å². The number of allylic oxidation sites excluding steroid dienone is 2. The Hall–Kier alpha value is -2.01. The second-order valence-electron chi connectivity index (χ2n) is 5.89. The first-order chi connectivity index (χ1) is 9.75. The Bertz CT molecular complexity index is 651. The van der Waals surface area contributed by atoms with E-state index in [1.807, 2.05) is 37.4 Å². The number of hydrogen-bond acceptors (Lipinski definition) is 4. The Morgan fingerprint density at radius 3 is 2.29 bits per heavy atom. The molecule has 0 aliphatic heterocycles. The Morgan fingerprint density at radius 2 is 1.76 bits per heavy atom. The molecule has 0 amide bonds. The first kappa shape index (κ1) is 15.4. The lowest BCUT2D eigenvalue weighted by atomic mass is 9.90. The van der Waals surface area contributed by atoms with Gasteiger partial charge in [0.2, 0.25) is 5.78 Å². The highest BCUT2D eigenvalue weighted by Gasteiger charge is 2.36. The summed E-state index contributed by atoms with van der Waals surface area (Å²) in [7, 11) is 3.93. The number of ketones is 2. The minimum atomic E-state index is -0.575. The summed E-state index contributed by atoms with van der Waals surface area (Å²) in [5.74, 6) is -0.144. The van der Waals surface area contributed by atoms with Crippen LogP contribution in [0.2, 0.25) is 0 Å². The first-order valence-corrected chi connectivity index (χ1v) is 6.98. The van der Waals surface area contributed by atoms with Gasteiger partial charge in [-0.2, -0.15) is 0 Å². The molecule has 0 N–H and O–H groups in total. The minimum absolute atomic E-state index is 0.153. The van der Waals surface area contributed by atoms with E-state index in [1.54, 1.807) is 0 Å². The highest BCUT2D eigenvalue weighted by molar-refractivity contribution is 6.54. The molecule has 0 atom stereocenters. The van der Waals surface area contributed by atoms with Gasteiger partial charge in [0.25, 0.3) is 5.78 Å². The van der Waals surface area contributed by atoms with Crippen LogP contribution in [0.4, 0.5) is 0 Å². The molecule has 2 rings (SSSR count). The van der Waals surface area contributed by atoms with Crippen molar-refractivity contribution in [2.75, 3.05) is 20.6 Å². The van der Waals surface area contributed by atoms with Gasteiger partial charge in [-0.05, 0) is 14.1 Å². The van der Waals surface area contributed by atoms with E-state index in [0.717, 1.165) is 12.4 Å². The van der Waals surface area contributed by atoms with Gasteiger partial charge in [-0.3, -0.25) is 9.59 Å². The standard InChI is InChI=1S/C16H21N3O2/c1-9(2)16-17-12-10(3)11(4)14(20)15(21)13(12)19(16)8-7-18(5)6/h9H,3-4,7-8H2,1-2,5-6H3. The molecule has 1 heterocycles. The fourth-order valence-corrected chi connectivity index (χ4v) is 2.40. The van der Waals surface area contributed by atoms with Gasteiger partial charge in [-0.25, -0.2) is 4.98 Å². The molecule has 1 aromatic heterocycles. The summed E-state index contributed by atoms with van der Waals surface area (Å²) in [6.45, 7) is 12.9. The summed E-state index contributed by atoms with van der Waals surface area (Å²) in [6, 6.07) is 0. The highest BCUT2D eigenvalue weighted by atomic mass is 16.2. The lowest BCUT2D eigenvalue weighted by molar-refractivity contribution is -0.111. The molecule has 21 heavy (non-hydrogen) atoms. The molecule has 0 fully saturated rings. The van der Waals surface area contributed by atoms with Crippen LogP contribution in [-0.4, -0.2) is 46.7 Å². The Morgan fingerprint density at radius 1 is 1.14 bits per heavy atom. The van der Waals surface area contributed by atoms with Crippen molar-refractivity contribution in [3.05, 3.63) is 35.9 Å². The second-order valence-corrected chi connectivity index (χ2v) is 5.89. The van der Waals surface area contributed by atoms with E-state index >= 15 is 0 Å². The summed E-state index contributed by atoms with van der Waals surface area (Å²) >= 11 is 0. The quantitative estimate of drug-likeness (QED) is 0.627. The third-order valence-electron chi connectivity index (χ3n) is 3.63. The van der Waals surface area contributed by atoms with Gasteiger partial charge in [0.15, 0.2) is 0 Å². The van der Waals surface area contributed by atoms with Crippen molar-refractivity contribution in [2.45, 2.75) is 26.3 Å². The Labute approximate surface area is 125 Å². The molecule has 0 radical (unpaired) electrons. The Balaban J connectivity index is 2.61. The zero-order valence-corrected chi connectivity index (χ0v) is 13.1. The van der Waals surface area contributed by atoms with Gasteiger partial charge in [0.05, 0.1) is 0 Å². The number of fused-ring (bicyclic) bond motifs is 1. The van der Waals surface area contributed by atoms with Gasteiger partial charge in [-0.15, -0.1) is 0 Å². The molecule has 5 nitrogen and oxygen atoms in total. The van der Waals surface area contributed by atoms with Gasteiger partial charge >= 0.3 is 0 Å². The molecule has 0 bridgehead atoms. The highest BCUT2D eigenvalue weighted by Crippen LogP contribution is 2.32. The predicted molar refractivity (Wildman–Crippen MR) is 82.4 cm³/mol. The van der Waals surface area contributed by atoms with Gasteiger partial charge in [0, 0.05) is 30.2 Å². The van der Waals surface area contributed by atoms with Crippen LogP contribution in [0, 0.1) is 0 Å². The number of imidazole rings is 1. The van der Waals surface area contributed by atoms with Crippen molar-refractivity contribution < 1.29 is 9.59 Å². The molecule has 5 heteroatoms. The maximum Gasteiger partial charge on any atom is 0.252 e. The molecule has 1 aliphatic rings. The van der Waals surface area contributed by atoms with E-state index in [9.17, 15) is 9.59 Å². The van der Waals surface area contributed by atoms with Crippen LogP contribution in [0.1, 0.15) is 41.8 Å². The lowest BCUT2D eigenvalue weighted by Gasteiger charge is -2.18. The number of likely N-dealkylation sites (N-methyl/N-ethyl adjacent to an activating group) is 1. The number of aromatic nitrogens is 2. The third kappa shape index (κ3) is 2.49. The number of nitrogens with zero attached hydrogens (tertiary/aromatic N) is 3. The maximum absolute atomic E-state index is 12.3. The van der Waals surface area contributed by atoms with Crippen molar-refractivity contribution in [1.82, 2.24) is 14.5 Å². The summed E-state index contributed by atoms with van der Waals surface area (Å²) in [6.07, 6.45) is 0. The molecule has 1 aromatic rings. The van der Waals surface area contributed by atoms with E-state index < -0.39 is 11.6 Å². The topological polar surface area (TPSA) is 55.2 Å². The zero-order valence-electron chi connectivity index (χ0n) is 13.1. The molecule has 112 valence electrons. The van der Waals surface area contributed by atoms with Crippen molar-refractivity contribution in [2.24, 2.45) is 0 Å². The fraction of sp³-hybridized carbons (Fsp3) is 0.438. The van der Waals surface area contributed by atoms with Crippen LogP contribution in [0.15, 0.2) is 18.7 Å². The van der Waals surface area contributed by atoms with Gasteiger partial charge in [-0.1, -0.05) is 27.0 Å². The summed E-state index contributed by atoms with van der Waals surface area (Å²) < 4.78 is 1.86. The SMILES string of the molecule is C=C1C(=C)c2nc(C(C)C)n(CCN(C)C)c2C(=O)C1=O. The van der Waals surface area contributed by atoms with E-state index in [-0.39, 0.29) is 11.5 Å². The number of carbonyl (C=O) groups is 2. The molecule has 0 saturated heterocycles. The van der Waals surface area contributed by atoms with Gasteiger partial charge in [0.1, 0.15) is 17.2 Å². The third-order valence-corrected chi connectivity index (χ3v) is 3.63. The van der Waals surface area contributed by atoms with Crippen LogP contribution in [0.3, 0.4) is 0 Å². The Kier molecular flexibility index (Phi) is 3.96. The minimum Gasteiger partial charge on any atom is -0.323 e. The largest absolute Gasteiger partial charge is 0.323 e. The summed E-state index contributed by atoms with van der Waals surface area (Å²) in [5.41, 5.74) is 1.48. The van der Waals surface area contributed by atoms with E-state index in [0.29, 0.717) is 23.5 Å². The van der Waals surface area contributed by atoms with E-state index in [1.165, 1.54) is 0 Å². The van der Waals surface area contributed by atoms with Crippen LogP contribution >= 0.6 is 0 Å². The number of hydrogen-bond donors (Lipinski definition) is 0. The average molecular weight is 287 g/mol.